The summed E-state index contributed by atoms with van der Waals surface area (Å²) in [4.78, 5) is 23.4. The summed E-state index contributed by atoms with van der Waals surface area (Å²) in [7, 11) is 0. The lowest BCUT2D eigenvalue weighted by Gasteiger charge is -2.15. The maximum Gasteiger partial charge on any atom is 0.335 e. The number of aliphatic carboxylic acids is 1. The molecule has 262 valence electrons. The van der Waals surface area contributed by atoms with Crippen LogP contribution in [0.3, 0.4) is 0 Å². The highest BCUT2D eigenvalue weighted by Crippen LogP contribution is 2.16. The maximum absolute atomic E-state index is 12.1. The van der Waals surface area contributed by atoms with Crippen molar-refractivity contribution >= 4 is 11.9 Å². The second kappa shape index (κ2) is 21.6. The Morgan fingerprint density at radius 1 is 0.640 bits per heavy atom. The van der Waals surface area contributed by atoms with E-state index in [4.69, 9.17) is 23.7 Å². The number of carbonyl (C=O) groups excluding carboxylic acids is 1. The molecule has 0 heterocycles. The SMILES string of the molecule is CCOC(=O)[C@H](Cc1ccc(OC/C=C(\C)C#Cc2ccc(C#C/C(C)=C/COc3ccc(C[C@H](OCC)C(=O)O)cc3)cc2)cc1)OCC. The first-order chi connectivity index (χ1) is 24.2. The van der Waals surface area contributed by atoms with Gasteiger partial charge in [-0.25, -0.2) is 9.59 Å². The molecule has 0 aromatic heterocycles. The van der Waals surface area contributed by atoms with Crippen LogP contribution in [0, 0.1) is 23.7 Å². The highest BCUT2D eigenvalue weighted by molar-refractivity contribution is 5.75. The molecule has 0 amide bonds. The zero-order valence-electron chi connectivity index (χ0n) is 29.5. The minimum Gasteiger partial charge on any atom is -0.490 e. The number of carboxylic acids is 1. The third kappa shape index (κ3) is 14.5. The van der Waals surface area contributed by atoms with Gasteiger partial charge in [0.05, 0.1) is 6.61 Å². The summed E-state index contributed by atoms with van der Waals surface area (Å²) in [6.45, 7) is 11.1. The van der Waals surface area contributed by atoms with E-state index in [0.717, 1.165) is 39.1 Å². The van der Waals surface area contributed by atoms with Gasteiger partial charge in [-0.1, -0.05) is 47.9 Å². The molecule has 1 N–H and O–H groups in total. The van der Waals surface area contributed by atoms with Crippen LogP contribution in [0.15, 0.2) is 96.1 Å². The molecule has 0 fully saturated rings. The molecule has 0 aliphatic rings. The quantitative estimate of drug-likeness (QED) is 0.121. The first-order valence-electron chi connectivity index (χ1n) is 16.7. The Labute approximate surface area is 296 Å². The molecule has 0 saturated carbocycles. The topological polar surface area (TPSA) is 101 Å². The Balaban J connectivity index is 1.43. The summed E-state index contributed by atoms with van der Waals surface area (Å²) in [5.41, 5.74) is 5.37. The molecular weight excluding hydrogens is 632 g/mol. The minimum absolute atomic E-state index is 0.300. The van der Waals surface area contributed by atoms with E-state index < -0.39 is 18.2 Å². The smallest absolute Gasteiger partial charge is 0.335 e. The number of allylic oxidation sites excluding steroid dienone is 2. The van der Waals surface area contributed by atoms with E-state index in [1.54, 1.807) is 13.8 Å². The Morgan fingerprint density at radius 3 is 1.46 bits per heavy atom. The predicted octanol–water partition coefficient (Wildman–Crippen LogP) is 6.98. The molecule has 3 aromatic carbocycles. The van der Waals surface area contributed by atoms with Gasteiger partial charge < -0.3 is 28.8 Å². The summed E-state index contributed by atoms with van der Waals surface area (Å²) >= 11 is 0. The molecule has 0 saturated heterocycles. The molecule has 50 heavy (non-hydrogen) atoms. The Kier molecular flexibility index (Phi) is 16.9. The fourth-order valence-corrected chi connectivity index (χ4v) is 4.54. The average Bonchev–Trinajstić information content (AvgIpc) is 3.11. The summed E-state index contributed by atoms with van der Waals surface area (Å²) in [6.07, 6.45) is 3.11. The van der Waals surface area contributed by atoms with Crippen molar-refractivity contribution in [3.63, 3.8) is 0 Å². The molecule has 0 aliphatic heterocycles. The lowest BCUT2D eigenvalue weighted by atomic mass is 10.1. The number of rotatable bonds is 17. The highest BCUT2D eigenvalue weighted by Gasteiger charge is 2.20. The zero-order valence-corrected chi connectivity index (χ0v) is 29.5. The van der Waals surface area contributed by atoms with Gasteiger partial charge in [0.2, 0.25) is 0 Å². The number of benzene rings is 3. The van der Waals surface area contributed by atoms with E-state index in [1.165, 1.54) is 0 Å². The molecular formula is C42H46O8. The van der Waals surface area contributed by atoms with Crippen LogP contribution in [0.4, 0.5) is 0 Å². The van der Waals surface area contributed by atoms with E-state index in [1.807, 2.05) is 106 Å². The van der Waals surface area contributed by atoms with Gasteiger partial charge in [0.25, 0.3) is 0 Å². The second-order valence-corrected chi connectivity index (χ2v) is 11.1. The van der Waals surface area contributed by atoms with Crippen LogP contribution in [0.1, 0.15) is 56.9 Å². The van der Waals surface area contributed by atoms with Crippen LogP contribution in [0.5, 0.6) is 11.5 Å². The van der Waals surface area contributed by atoms with E-state index in [-0.39, 0.29) is 5.97 Å². The van der Waals surface area contributed by atoms with Gasteiger partial charge in [0.1, 0.15) is 24.7 Å². The minimum atomic E-state index is -0.969. The van der Waals surface area contributed by atoms with E-state index >= 15 is 0 Å². The normalized spacial score (nSPS) is 12.4. The van der Waals surface area contributed by atoms with Crippen molar-refractivity contribution < 1.29 is 38.4 Å². The number of hydrogen-bond acceptors (Lipinski definition) is 7. The van der Waals surface area contributed by atoms with Crippen molar-refractivity contribution in [1.82, 2.24) is 0 Å². The van der Waals surface area contributed by atoms with E-state index in [2.05, 4.69) is 23.7 Å². The van der Waals surface area contributed by atoms with Crippen LogP contribution in [0.25, 0.3) is 0 Å². The molecule has 8 heteroatoms. The second-order valence-electron chi connectivity index (χ2n) is 11.1. The monoisotopic (exact) mass is 678 g/mol. The molecule has 0 aliphatic carbocycles. The van der Waals surface area contributed by atoms with Gasteiger partial charge in [-0.15, -0.1) is 0 Å². The Hall–Kier alpha value is -5.28. The molecule has 0 unspecified atom stereocenters. The summed E-state index contributed by atoms with van der Waals surface area (Å²) in [6, 6.07) is 22.7. The van der Waals surface area contributed by atoms with E-state index in [0.29, 0.717) is 51.6 Å². The van der Waals surface area contributed by atoms with E-state index in [9.17, 15) is 14.7 Å². The van der Waals surface area contributed by atoms with Crippen molar-refractivity contribution in [2.75, 3.05) is 33.0 Å². The molecule has 3 aromatic rings. The first-order valence-corrected chi connectivity index (χ1v) is 16.7. The van der Waals surface area contributed by atoms with Gasteiger partial charge >= 0.3 is 11.9 Å². The average molecular weight is 679 g/mol. The number of carbonyl (C=O) groups is 2. The van der Waals surface area contributed by atoms with Crippen molar-refractivity contribution in [3.8, 4) is 35.2 Å². The van der Waals surface area contributed by atoms with Crippen LogP contribution < -0.4 is 9.47 Å². The largest absolute Gasteiger partial charge is 0.490 e. The molecule has 0 radical (unpaired) electrons. The van der Waals surface area contributed by atoms with Crippen molar-refractivity contribution in [3.05, 3.63) is 118 Å². The number of carboxylic acid groups (broad SMARTS) is 1. The summed E-state index contributed by atoms with van der Waals surface area (Å²) in [5.74, 6) is 12.7. The zero-order chi connectivity index (χ0) is 36.1. The third-order valence-corrected chi connectivity index (χ3v) is 7.22. The number of esters is 1. The first kappa shape index (κ1) is 39.2. The molecule has 8 nitrogen and oxygen atoms in total. The van der Waals surface area contributed by atoms with Crippen LogP contribution >= 0.6 is 0 Å². The van der Waals surface area contributed by atoms with Crippen LogP contribution in [-0.4, -0.2) is 62.3 Å². The standard InChI is InChI=1S/C42H46O8/c1-6-46-39(41(43)44)29-35-17-21-37(22-18-35)49-27-25-31(4)9-11-33-13-15-34(16-14-33)12-10-32(5)26-28-50-38-23-19-36(20-24-38)30-40(47-7-2)42(45)48-8-3/h13-26,39-40H,6-8,27-30H2,1-5H3,(H,43,44)/b31-25+,32-26+/t39-,40-/m0/s1. The fraction of sp³-hybridized carbons (Fsp3) is 0.333. The third-order valence-electron chi connectivity index (χ3n) is 7.22. The molecule has 0 spiro atoms. The lowest BCUT2D eigenvalue weighted by molar-refractivity contribution is -0.156. The Morgan fingerprint density at radius 2 is 1.06 bits per heavy atom. The van der Waals surface area contributed by atoms with Crippen LogP contribution in [0.2, 0.25) is 0 Å². The molecule has 0 bridgehead atoms. The van der Waals surface area contributed by atoms with Gasteiger partial charge in [-0.3, -0.25) is 0 Å². The van der Waals surface area contributed by atoms with Gasteiger partial charge in [-0.05, 0) is 118 Å². The fourth-order valence-electron chi connectivity index (χ4n) is 4.54. The molecule has 3 rings (SSSR count). The lowest BCUT2D eigenvalue weighted by Crippen LogP contribution is -2.28. The molecule has 2 atom stereocenters. The maximum atomic E-state index is 12.1. The summed E-state index contributed by atoms with van der Waals surface area (Å²) < 4.78 is 27.6. The summed E-state index contributed by atoms with van der Waals surface area (Å²) in [5, 5.41) is 9.27. The van der Waals surface area contributed by atoms with Crippen molar-refractivity contribution in [2.45, 2.75) is 59.7 Å². The number of ether oxygens (including phenoxy) is 5. The van der Waals surface area contributed by atoms with Crippen LogP contribution in [-0.2, 0) is 36.6 Å². The number of hydrogen-bond donors (Lipinski definition) is 1. The predicted molar refractivity (Wildman–Crippen MR) is 194 cm³/mol. The van der Waals surface area contributed by atoms with Gasteiger partial charge in [-0.2, -0.15) is 0 Å². The highest BCUT2D eigenvalue weighted by atomic mass is 16.6. The Bertz CT molecular complexity index is 1700. The van der Waals surface area contributed by atoms with Gasteiger partial charge in [0.15, 0.2) is 12.2 Å². The van der Waals surface area contributed by atoms with Crippen molar-refractivity contribution in [1.29, 1.82) is 0 Å². The van der Waals surface area contributed by atoms with Gasteiger partial charge in [0, 0.05) is 37.2 Å². The van der Waals surface area contributed by atoms with Crippen molar-refractivity contribution in [2.24, 2.45) is 0 Å².